The Morgan fingerprint density at radius 3 is 2.74 bits per heavy atom. The van der Waals surface area contributed by atoms with Gasteiger partial charge in [0.1, 0.15) is 17.1 Å². The lowest BCUT2D eigenvalue weighted by atomic mass is 10.2. The zero-order valence-electron chi connectivity index (χ0n) is 19.0. The Balaban J connectivity index is 1.63. The second-order valence-corrected chi connectivity index (χ2v) is 7.81. The van der Waals surface area contributed by atoms with E-state index in [1.54, 1.807) is 23.2 Å². The molecule has 0 spiro atoms. The molecule has 4 heterocycles. The van der Waals surface area contributed by atoms with E-state index in [2.05, 4.69) is 15.6 Å². The molecule has 0 bridgehead atoms. The van der Waals surface area contributed by atoms with Crippen LogP contribution in [0.1, 0.15) is 0 Å². The van der Waals surface area contributed by atoms with E-state index in [9.17, 15) is 0 Å². The topological polar surface area (TPSA) is 89.4 Å². The first-order chi connectivity index (χ1) is 16.6. The summed E-state index contributed by atoms with van der Waals surface area (Å²) in [5, 5.41) is 6.35. The molecule has 174 valence electrons. The van der Waals surface area contributed by atoms with E-state index in [1.165, 1.54) is 20.3 Å². The zero-order chi connectivity index (χ0) is 23.7. The minimum absolute atomic E-state index is 0.0813. The highest BCUT2D eigenvalue weighted by molar-refractivity contribution is 5.77. The van der Waals surface area contributed by atoms with Crippen molar-refractivity contribution in [3.63, 3.8) is 0 Å². The van der Waals surface area contributed by atoms with E-state index >= 15 is 4.39 Å². The van der Waals surface area contributed by atoms with Gasteiger partial charge >= 0.3 is 0 Å². The predicted octanol–water partition coefficient (Wildman–Crippen LogP) is 3.32. The maximum atomic E-state index is 15.5. The fraction of sp³-hybridized carbons (Fsp3) is 0.208. The maximum Gasteiger partial charge on any atom is 0.188 e. The number of nitrogens with zero attached hydrogens (tertiary/aromatic N) is 5. The van der Waals surface area contributed by atoms with Gasteiger partial charge in [-0.1, -0.05) is 0 Å². The molecule has 1 aliphatic rings. The first-order valence-electron chi connectivity index (χ1n) is 10.7. The predicted molar refractivity (Wildman–Crippen MR) is 127 cm³/mol. The zero-order valence-corrected chi connectivity index (χ0v) is 19.0. The van der Waals surface area contributed by atoms with Gasteiger partial charge in [-0.05, 0) is 18.2 Å². The van der Waals surface area contributed by atoms with Gasteiger partial charge in [0.25, 0.3) is 0 Å². The van der Waals surface area contributed by atoms with Gasteiger partial charge < -0.3 is 29.6 Å². The molecule has 0 amide bonds. The van der Waals surface area contributed by atoms with Crippen molar-refractivity contribution < 1.29 is 13.9 Å². The summed E-state index contributed by atoms with van der Waals surface area (Å²) in [6, 6.07) is 8.73. The van der Waals surface area contributed by atoms with Crippen LogP contribution >= 0.6 is 0 Å². The Kier molecular flexibility index (Phi) is 5.62. The fourth-order valence-electron chi connectivity index (χ4n) is 3.80. The highest BCUT2D eigenvalue weighted by atomic mass is 19.1. The van der Waals surface area contributed by atoms with Crippen molar-refractivity contribution in [3.8, 4) is 22.8 Å². The second-order valence-electron chi connectivity index (χ2n) is 7.81. The lowest BCUT2D eigenvalue weighted by Crippen LogP contribution is -2.27. The summed E-state index contributed by atoms with van der Waals surface area (Å²) in [4.78, 5) is 15.7. The van der Waals surface area contributed by atoms with Crippen LogP contribution < -0.4 is 25.0 Å². The third-order valence-electron chi connectivity index (χ3n) is 5.56. The molecule has 5 rings (SSSR count). The Bertz CT molecular complexity index is 1390. The minimum Gasteiger partial charge on any atom is -0.497 e. The summed E-state index contributed by atoms with van der Waals surface area (Å²) in [5.74, 6) is 0.547. The van der Waals surface area contributed by atoms with Crippen LogP contribution in [-0.2, 0) is 7.05 Å². The van der Waals surface area contributed by atoms with Crippen molar-refractivity contribution in [2.75, 3.05) is 32.3 Å². The fourth-order valence-corrected chi connectivity index (χ4v) is 3.80. The third-order valence-corrected chi connectivity index (χ3v) is 5.56. The maximum absolute atomic E-state index is 15.5. The SMILES string of the molecule is COc1cc(OC)c(F)c(N(CC2=CNCN2)c2ccc3ncc(-c4ccn(C)c4)nc3n2)c1. The molecule has 10 heteroatoms. The molecule has 4 aromatic rings. The van der Waals surface area contributed by atoms with Gasteiger partial charge in [0.15, 0.2) is 17.2 Å². The van der Waals surface area contributed by atoms with Crippen molar-refractivity contribution in [1.82, 2.24) is 30.2 Å². The first kappa shape index (κ1) is 21.5. The Morgan fingerprint density at radius 2 is 2.03 bits per heavy atom. The molecule has 0 saturated carbocycles. The Hall–Kier alpha value is -4.34. The van der Waals surface area contributed by atoms with Crippen LogP contribution in [-0.4, -0.2) is 47.0 Å². The van der Waals surface area contributed by atoms with Crippen molar-refractivity contribution >= 4 is 22.7 Å². The summed E-state index contributed by atoms with van der Waals surface area (Å²) >= 11 is 0. The standard InChI is InChI=1S/C24H24FN7O2/c1-31-7-6-15(12-31)19-11-27-18-4-5-22(30-24(18)29-19)32(13-16-10-26-14-28-16)20-8-17(33-2)9-21(34-3)23(20)25/h4-12,26,28H,13-14H2,1-3H3. The van der Waals surface area contributed by atoms with Gasteiger partial charge in [-0.25, -0.2) is 14.4 Å². The smallest absolute Gasteiger partial charge is 0.188 e. The Labute approximate surface area is 195 Å². The summed E-state index contributed by atoms with van der Waals surface area (Å²) in [6.45, 7) is 0.939. The van der Waals surface area contributed by atoms with Gasteiger partial charge in [-0.2, -0.15) is 0 Å². The van der Waals surface area contributed by atoms with Crippen LogP contribution in [0, 0.1) is 5.82 Å². The summed E-state index contributed by atoms with van der Waals surface area (Å²) in [6.07, 6.45) is 7.50. The number of aromatic nitrogens is 4. The molecular weight excluding hydrogens is 437 g/mol. The lowest BCUT2D eigenvalue weighted by molar-refractivity contribution is 0.374. The quantitative estimate of drug-likeness (QED) is 0.433. The average Bonchev–Trinajstić information content (AvgIpc) is 3.54. The highest BCUT2D eigenvalue weighted by Crippen LogP contribution is 2.37. The van der Waals surface area contributed by atoms with Gasteiger partial charge in [0.2, 0.25) is 0 Å². The second kappa shape index (κ2) is 8.89. The number of hydrogen-bond donors (Lipinski definition) is 2. The summed E-state index contributed by atoms with van der Waals surface area (Å²) < 4.78 is 28.0. The van der Waals surface area contributed by atoms with Gasteiger partial charge in [0, 0.05) is 49.0 Å². The normalized spacial score (nSPS) is 12.8. The Morgan fingerprint density at radius 1 is 1.15 bits per heavy atom. The molecule has 9 nitrogen and oxygen atoms in total. The van der Waals surface area contributed by atoms with Crippen LogP contribution in [0.4, 0.5) is 15.9 Å². The largest absolute Gasteiger partial charge is 0.497 e. The number of pyridine rings is 1. The van der Waals surface area contributed by atoms with E-state index < -0.39 is 5.82 Å². The molecule has 0 unspecified atom stereocenters. The van der Waals surface area contributed by atoms with Crippen LogP contribution in [0.25, 0.3) is 22.4 Å². The number of rotatable bonds is 7. The van der Waals surface area contributed by atoms with E-state index in [0.29, 0.717) is 41.6 Å². The summed E-state index contributed by atoms with van der Waals surface area (Å²) in [5.41, 5.74) is 3.91. The molecule has 3 aromatic heterocycles. The molecule has 34 heavy (non-hydrogen) atoms. The molecule has 1 aromatic carbocycles. The third kappa shape index (κ3) is 4.05. The van der Waals surface area contributed by atoms with Crippen molar-refractivity contribution in [2.45, 2.75) is 0 Å². The molecule has 0 radical (unpaired) electrons. The number of aryl methyl sites for hydroxylation is 1. The van der Waals surface area contributed by atoms with Crippen LogP contribution in [0.3, 0.4) is 0 Å². The first-order valence-corrected chi connectivity index (χ1v) is 10.7. The number of halogens is 1. The van der Waals surface area contributed by atoms with Gasteiger partial charge in [-0.15, -0.1) is 0 Å². The van der Waals surface area contributed by atoms with Crippen LogP contribution in [0.15, 0.2) is 60.8 Å². The average molecular weight is 462 g/mol. The van der Waals surface area contributed by atoms with E-state index in [4.69, 9.17) is 19.4 Å². The molecule has 0 atom stereocenters. The molecule has 0 aliphatic carbocycles. The van der Waals surface area contributed by atoms with Crippen molar-refractivity contribution in [1.29, 1.82) is 0 Å². The van der Waals surface area contributed by atoms with Crippen LogP contribution in [0.5, 0.6) is 11.5 Å². The van der Waals surface area contributed by atoms with Crippen molar-refractivity contribution in [2.24, 2.45) is 7.05 Å². The number of benzene rings is 1. The van der Waals surface area contributed by atoms with E-state index in [0.717, 1.165) is 11.3 Å². The molecule has 0 saturated heterocycles. The van der Waals surface area contributed by atoms with E-state index in [1.807, 2.05) is 42.3 Å². The number of anilines is 2. The number of fused-ring (bicyclic) bond motifs is 1. The van der Waals surface area contributed by atoms with Crippen molar-refractivity contribution in [3.05, 3.63) is 66.6 Å². The molecular formula is C24H24FN7O2. The molecule has 0 fully saturated rings. The molecule has 1 aliphatic heterocycles. The minimum atomic E-state index is -0.513. The molecule has 2 N–H and O–H groups in total. The number of nitrogens with one attached hydrogen (secondary N) is 2. The number of hydrogen-bond acceptors (Lipinski definition) is 8. The summed E-state index contributed by atoms with van der Waals surface area (Å²) in [7, 11) is 4.90. The highest BCUT2D eigenvalue weighted by Gasteiger charge is 2.23. The van der Waals surface area contributed by atoms with E-state index in [-0.39, 0.29) is 11.4 Å². The number of methoxy groups -OCH3 is 2. The van der Waals surface area contributed by atoms with Crippen LogP contribution in [0.2, 0.25) is 0 Å². The lowest BCUT2D eigenvalue weighted by Gasteiger charge is -2.26. The number of ether oxygens (including phenoxy) is 2. The van der Waals surface area contributed by atoms with Gasteiger partial charge in [-0.3, -0.25) is 4.98 Å². The monoisotopic (exact) mass is 461 g/mol. The van der Waals surface area contributed by atoms with Gasteiger partial charge in [0.05, 0.1) is 45.0 Å².